The fourth-order valence-electron chi connectivity index (χ4n) is 3.57. The first-order chi connectivity index (χ1) is 15.2. The molecule has 0 saturated carbocycles. The molecule has 1 saturated heterocycles. The quantitative estimate of drug-likeness (QED) is 0.288. The molecule has 0 aliphatic carbocycles. The Bertz CT molecular complexity index is 1030. The van der Waals surface area contributed by atoms with E-state index in [4.69, 9.17) is 14.2 Å². The van der Waals surface area contributed by atoms with Gasteiger partial charge in [-0.1, -0.05) is 6.07 Å². The predicted octanol–water partition coefficient (Wildman–Crippen LogP) is -0.200. The maximum absolute atomic E-state index is 10.3. The molecule has 11 nitrogen and oxygen atoms in total. The van der Waals surface area contributed by atoms with E-state index in [-0.39, 0.29) is 34.3 Å². The lowest BCUT2D eigenvalue weighted by molar-refractivity contribution is -0.293. The van der Waals surface area contributed by atoms with E-state index in [9.17, 15) is 40.9 Å². The van der Waals surface area contributed by atoms with Crippen LogP contribution in [-0.2, 0) is 9.47 Å². The summed E-state index contributed by atoms with van der Waals surface area (Å²) in [7, 11) is 0. The Hall–Kier alpha value is -3.22. The normalized spacial score (nSPS) is 29.6. The van der Waals surface area contributed by atoms with Gasteiger partial charge in [-0.3, -0.25) is 0 Å². The smallest absolute Gasteiger partial charge is 0.228 e. The van der Waals surface area contributed by atoms with Crippen molar-refractivity contribution in [1.82, 2.24) is 0 Å². The molecule has 6 unspecified atom stereocenters. The number of fused-ring (bicyclic) bond motifs is 1. The second-order valence-corrected chi connectivity index (χ2v) is 7.48. The van der Waals surface area contributed by atoms with Crippen LogP contribution in [0.15, 0.2) is 36.1 Å². The van der Waals surface area contributed by atoms with Crippen LogP contribution in [0, 0.1) is 0 Å². The van der Waals surface area contributed by atoms with Crippen LogP contribution in [0.3, 0.4) is 0 Å². The minimum atomic E-state index is -1.70. The second kappa shape index (κ2) is 8.37. The van der Waals surface area contributed by atoms with Crippen LogP contribution in [0.5, 0.6) is 28.7 Å². The Kier molecular flexibility index (Phi) is 5.75. The van der Waals surface area contributed by atoms with E-state index in [0.29, 0.717) is 5.56 Å². The number of phenolic OH excluding ortho intramolecular Hbond substituents is 4. The summed E-state index contributed by atoms with van der Waals surface area (Å²) in [6, 6.07) is 6.19. The SMILES string of the molecule is OCC1OC(OC2=Cc3c(O)cc(O)cc3OC2c2ccc(O)c(O)c2)C(O)C(O)C1O. The van der Waals surface area contributed by atoms with Crippen molar-refractivity contribution in [3.63, 3.8) is 0 Å². The van der Waals surface area contributed by atoms with Crippen molar-refractivity contribution in [3.8, 4) is 28.7 Å². The van der Waals surface area contributed by atoms with Gasteiger partial charge in [0, 0.05) is 17.7 Å². The third kappa shape index (κ3) is 3.87. The average molecular weight is 450 g/mol. The first kappa shape index (κ1) is 22.0. The van der Waals surface area contributed by atoms with Gasteiger partial charge in [0.05, 0.1) is 12.2 Å². The largest absolute Gasteiger partial charge is 0.508 e. The molecule has 0 spiro atoms. The van der Waals surface area contributed by atoms with Crippen LogP contribution in [0.2, 0.25) is 0 Å². The zero-order chi connectivity index (χ0) is 23.2. The van der Waals surface area contributed by atoms with Crippen LogP contribution >= 0.6 is 0 Å². The van der Waals surface area contributed by atoms with Gasteiger partial charge in [-0.05, 0) is 18.2 Å². The maximum atomic E-state index is 10.3. The standard InChI is InChI=1S/C21H22O11/c22-7-16-17(27)18(28)19(29)21(32-16)31-15-6-10-12(25)4-9(23)5-14(10)30-20(15)8-1-2-11(24)13(26)3-8/h1-6,16-29H,7H2. The summed E-state index contributed by atoms with van der Waals surface area (Å²) in [4.78, 5) is 0. The number of hydrogen-bond donors (Lipinski definition) is 8. The van der Waals surface area contributed by atoms with Crippen LogP contribution in [0.4, 0.5) is 0 Å². The molecular formula is C21H22O11. The minimum Gasteiger partial charge on any atom is -0.508 e. The molecular weight excluding hydrogens is 428 g/mol. The zero-order valence-corrected chi connectivity index (χ0v) is 16.4. The fourth-order valence-corrected chi connectivity index (χ4v) is 3.57. The van der Waals surface area contributed by atoms with E-state index in [0.717, 1.165) is 6.07 Å². The highest BCUT2D eigenvalue weighted by Crippen LogP contribution is 2.45. The molecule has 8 N–H and O–H groups in total. The third-order valence-corrected chi connectivity index (χ3v) is 5.30. The number of rotatable bonds is 4. The van der Waals surface area contributed by atoms with Crippen molar-refractivity contribution in [2.24, 2.45) is 0 Å². The molecule has 0 radical (unpaired) electrons. The lowest BCUT2D eigenvalue weighted by atomic mass is 9.98. The molecule has 172 valence electrons. The van der Waals surface area contributed by atoms with Crippen molar-refractivity contribution >= 4 is 6.08 Å². The van der Waals surface area contributed by atoms with E-state index in [1.807, 2.05) is 0 Å². The van der Waals surface area contributed by atoms with Crippen LogP contribution in [-0.4, -0.2) is 78.2 Å². The van der Waals surface area contributed by atoms with Crippen LogP contribution in [0.1, 0.15) is 17.2 Å². The number of ether oxygens (including phenoxy) is 3. The van der Waals surface area contributed by atoms with Gasteiger partial charge < -0.3 is 55.1 Å². The van der Waals surface area contributed by atoms with Gasteiger partial charge >= 0.3 is 0 Å². The number of aliphatic hydroxyl groups is 4. The molecule has 2 aliphatic heterocycles. The summed E-state index contributed by atoms with van der Waals surface area (Å²) in [5.41, 5.74) is 0.436. The molecule has 2 aromatic carbocycles. The summed E-state index contributed by atoms with van der Waals surface area (Å²) >= 11 is 0. The molecule has 2 aliphatic rings. The third-order valence-electron chi connectivity index (χ3n) is 5.30. The van der Waals surface area contributed by atoms with Gasteiger partial charge in [0.2, 0.25) is 6.29 Å². The van der Waals surface area contributed by atoms with Crippen molar-refractivity contribution in [2.45, 2.75) is 36.8 Å². The number of hydrogen-bond acceptors (Lipinski definition) is 11. The first-order valence-electron chi connectivity index (χ1n) is 9.63. The summed E-state index contributed by atoms with van der Waals surface area (Å²) in [5, 5.41) is 79.2. The van der Waals surface area contributed by atoms with E-state index < -0.39 is 49.2 Å². The molecule has 11 heteroatoms. The van der Waals surface area contributed by atoms with E-state index in [1.165, 1.54) is 30.3 Å². The first-order valence-corrected chi connectivity index (χ1v) is 9.63. The topological polar surface area (TPSA) is 190 Å². The fraction of sp³-hybridized carbons (Fsp3) is 0.333. The van der Waals surface area contributed by atoms with E-state index >= 15 is 0 Å². The zero-order valence-electron chi connectivity index (χ0n) is 16.4. The Morgan fingerprint density at radius 1 is 0.844 bits per heavy atom. The highest BCUT2D eigenvalue weighted by atomic mass is 16.7. The summed E-state index contributed by atoms with van der Waals surface area (Å²) in [5.74, 6) is -1.36. The summed E-state index contributed by atoms with van der Waals surface area (Å²) in [6.07, 6.45) is -7.44. The lowest BCUT2D eigenvalue weighted by Crippen LogP contribution is -2.59. The number of aromatic hydroxyl groups is 4. The predicted molar refractivity (Wildman–Crippen MR) is 106 cm³/mol. The summed E-state index contributed by atoms with van der Waals surface area (Å²) < 4.78 is 17.0. The van der Waals surface area contributed by atoms with E-state index in [1.54, 1.807) is 0 Å². The van der Waals surface area contributed by atoms with Gasteiger partial charge in [0.15, 0.2) is 17.6 Å². The molecule has 0 aromatic heterocycles. The monoisotopic (exact) mass is 450 g/mol. The number of phenols is 4. The number of aliphatic hydroxyl groups excluding tert-OH is 4. The maximum Gasteiger partial charge on any atom is 0.228 e. The molecule has 6 atom stereocenters. The van der Waals surface area contributed by atoms with Gasteiger partial charge in [0.1, 0.15) is 47.4 Å². The summed E-state index contributed by atoms with van der Waals surface area (Å²) in [6.45, 7) is -0.654. The van der Waals surface area contributed by atoms with Gasteiger partial charge in [-0.25, -0.2) is 0 Å². The van der Waals surface area contributed by atoms with Crippen molar-refractivity contribution in [3.05, 3.63) is 47.2 Å². The van der Waals surface area contributed by atoms with Crippen molar-refractivity contribution in [1.29, 1.82) is 0 Å². The van der Waals surface area contributed by atoms with Gasteiger partial charge in [0.25, 0.3) is 0 Å². The molecule has 2 aromatic rings. The Morgan fingerprint density at radius 3 is 2.28 bits per heavy atom. The molecule has 4 rings (SSSR count). The Labute approximate surface area is 181 Å². The van der Waals surface area contributed by atoms with Gasteiger partial charge in [-0.2, -0.15) is 0 Å². The number of benzene rings is 2. The molecule has 0 bridgehead atoms. The Balaban J connectivity index is 1.74. The lowest BCUT2D eigenvalue weighted by Gasteiger charge is -2.41. The average Bonchev–Trinajstić information content (AvgIpc) is 2.76. The minimum absolute atomic E-state index is 0.0343. The van der Waals surface area contributed by atoms with Crippen molar-refractivity contribution < 1.29 is 55.1 Å². The highest BCUT2D eigenvalue weighted by Gasteiger charge is 2.46. The molecule has 2 heterocycles. The highest BCUT2D eigenvalue weighted by molar-refractivity contribution is 5.69. The Morgan fingerprint density at radius 2 is 1.59 bits per heavy atom. The van der Waals surface area contributed by atoms with Crippen LogP contribution < -0.4 is 4.74 Å². The van der Waals surface area contributed by atoms with E-state index in [2.05, 4.69) is 0 Å². The molecule has 32 heavy (non-hydrogen) atoms. The molecule has 1 fully saturated rings. The van der Waals surface area contributed by atoms with Gasteiger partial charge in [-0.15, -0.1) is 0 Å². The van der Waals surface area contributed by atoms with Crippen molar-refractivity contribution in [2.75, 3.05) is 6.61 Å². The van der Waals surface area contributed by atoms with Crippen LogP contribution in [0.25, 0.3) is 6.08 Å². The second-order valence-electron chi connectivity index (χ2n) is 7.48. The molecule has 0 amide bonds.